The Morgan fingerprint density at radius 2 is 2.33 bits per heavy atom. The summed E-state index contributed by atoms with van der Waals surface area (Å²) in [6.45, 7) is 3.74. The Labute approximate surface area is 127 Å². The van der Waals surface area contributed by atoms with Gasteiger partial charge in [-0.25, -0.2) is 14.6 Å². The van der Waals surface area contributed by atoms with Crippen LogP contribution in [0, 0.1) is 0 Å². The van der Waals surface area contributed by atoms with Crippen LogP contribution in [0.25, 0.3) is 0 Å². The Morgan fingerprint density at radius 3 is 2.95 bits per heavy atom. The molecular formula is C13H20N4O3S. The van der Waals surface area contributed by atoms with Gasteiger partial charge in [-0.05, 0) is 25.5 Å². The van der Waals surface area contributed by atoms with Crippen LogP contribution in [0.3, 0.4) is 0 Å². The standard InChI is InChI=1S/C13H20N4O3S/c1-13(3-2-6-21-13)8-15-12(20)14-4-5-17-7-10(11(18)19)16-9-17/h7,9H,2-6,8H2,1H3,(H,18,19)(H2,14,15,20). The molecule has 1 aromatic rings. The molecule has 1 atom stereocenters. The lowest BCUT2D eigenvalue weighted by atomic mass is 10.1. The first-order valence-electron chi connectivity index (χ1n) is 6.89. The van der Waals surface area contributed by atoms with E-state index in [4.69, 9.17) is 5.11 Å². The minimum atomic E-state index is -1.05. The summed E-state index contributed by atoms with van der Waals surface area (Å²) in [5.41, 5.74) is 0.00522. The van der Waals surface area contributed by atoms with E-state index in [9.17, 15) is 9.59 Å². The summed E-state index contributed by atoms with van der Waals surface area (Å²) < 4.78 is 1.79. The Kier molecular flexibility index (Phi) is 5.11. The molecule has 3 N–H and O–H groups in total. The van der Waals surface area contributed by atoms with Crippen molar-refractivity contribution >= 4 is 23.8 Å². The molecule has 2 heterocycles. The quantitative estimate of drug-likeness (QED) is 0.732. The van der Waals surface area contributed by atoms with Crippen LogP contribution in [-0.4, -0.2) is 50.2 Å². The lowest BCUT2D eigenvalue weighted by Crippen LogP contribution is -2.43. The average Bonchev–Trinajstić information content (AvgIpc) is 3.06. The molecule has 116 valence electrons. The molecule has 1 aliphatic heterocycles. The second kappa shape index (κ2) is 6.84. The molecule has 0 aromatic carbocycles. The number of carboxylic acid groups (broad SMARTS) is 1. The summed E-state index contributed by atoms with van der Waals surface area (Å²) in [6.07, 6.45) is 5.22. The highest BCUT2D eigenvalue weighted by Gasteiger charge is 2.29. The van der Waals surface area contributed by atoms with Crippen LogP contribution in [0.2, 0.25) is 0 Å². The fourth-order valence-corrected chi connectivity index (χ4v) is 3.44. The molecule has 2 amide bonds. The van der Waals surface area contributed by atoms with Gasteiger partial charge in [0.2, 0.25) is 0 Å². The van der Waals surface area contributed by atoms with E-state index in [1.807, 2.05) is 11.8 Å². The highest BCUT2D eigenvalue weighted by Crippen LogP contribution is 2.36. The summed E-state index contributed by atoms with van der Waals surface area (Å²) >= 11 is 1.90. The Hall–Kier alpha value is -1.70. The van der Waals surface area contributed by atoms with Crippen LogP contribution in [0.5, 0.6) is 0 Å². The number of nitrogens with one attached hydrogen (secondary N) is 2. The first-order chi connectivity index (χ1) is 9.98. The maximum Gasteiger partial charge on any atom is 0.356 e. The number of amides is 2. The molecule has 2 rings (SSSR count). The van der Waals surface area contributed by atoms with Crippen molar-refractivity contribution in [2.75, 3.05) is 18.8 Å². The van der Waals surface area contributed by atoms with Crippen LogP contribution >= 0.6 is 11.8 Å². The van der Waals surface area contributed by atoms with Gasteiger partial charge < -0.3 is 20.3 Å². The molecule has 0 saturated carbocycles. The van der Waals surface area contributed by atoms with Crippen molar-refractivity contribution in [2.24, 2.45) is 0 Å². The smallest absolute Gasteiger partial charge is 0.356 e. The number of thioether (sulfide) groups is 1. The minimum Gasteiger partial charge on any atom is -0.476 e. The molecule has 1 fully saturated rings. The molecular weight excluding hydrogens is 292 g/mol. The monoisotopic (exact) mass is 312 g/mol. The van der Waals surface area contributed by atoms with E-state index in [2.05, 4.69) is 22.5 Å². The van der Waals surface area contributed by atoms with E-state index in [0.717, 1.165) is 12.2 Å². The minimum absolute atomic E-state index is 0.00522. The van der Waals surface area contributed by atoms with E-state index in [1.54, 1.807) is 4.57 Å². The van der Waals surface area contributed by atoms with Crippen molar-refractivity contribution in [3.05, 3.63) is 18.2 Å². The fourth-order valence-electron chi connectivity index (χ4n) is 2.20. The number of urea groups is 1. The summed E-state index contributed by atoms with van der Waals surface area (Å²) in [5.74, 6) is 0.105. The maximum atomic E-state index is 11.7. The molecule has 1 saturated heterocycles. The average molecular weight is 312 g/mol. The SMILES string of the molecule is CC1(CNC(=O)NCCn2cnc(C(=O)O)c2)CCCS1. The number of imidazole rings is 1. The van der Waals surface area contributed by atoms with Gasteiger partial charge in [-0.15, -0.1) is 0 Å². The molecule has 1 aliphatic rings. The number of carbonyl (C=O) groups excluding carboxylic acids is 1. The number of nitrogens with zero attached hydrogens (tertiary/aromatic N) is 2. The number of aromatic carboxylic acids is 1. The van der Waals surface area contributed by atoms with Crippen molar-refractivity contribution in [3.8, 4) is 0 Å². The van der Waals surface area contributed by atoms with Crippen molar-refractivity contribution in [3.63, 3.8) is 0 Å². The van der Waals surface area contributed by atoms with E-state index < -0.39 is 5.97 Å². The fraction of sp³-hybridized carbons (Fsp3) is 0.615. The number of hydrogen-bond acceptors (Lipinski definition) is 4. The van der Waals surface area contributed by atoms with E-state index in [-0.39, 0.29) is 16.5 Å². The van der Waals surface area contributed by atoms with Crippen molar-refractivity contribution < 1.29 is 14.7 Å². The zero-order valence-electron chi connectivity index (χ0n) is 12.0. The Morgan fingerprint density at radius 1 is 1.52 bits per heavy atom. The van der Waals surface area contributed by atoms with Crippen LogP contribution in [0.15, 0.2) is 12.5 Å². The molecule has 21 heavy (non-hydrogen) atoms. The topological polar surface area (TPSA) is 96.3 Å². The molecule has 7 nitrogen and oxygen atoms in total. The molecule has 8 heteroatoms. The largest absolute Gasteiger partial charge is 0.476 e. The van der Waals surface area contributed by atoms with E-state index in [1.165, 1.54) is 18.9 Å². The summed E-state index contributed by atoms with van der Waals surface area (Å²) in [7, 11) is 0. The van der Waals surface area contributed by atoms with Crippen LogP contribution in [-0.2, 0) is 6.54 Å². The van der Waals surface area contributed by atoms with Gasteiger partial charge in [0.1, 0.15) is 0 Å². The van der Waals surface area contributed by atoms with Crippen LogP contribution in [0.4, 0.5) is 4.79 Å². The van der Waals surface area contributed by atoms with Crippen molar-refractivity contribution in [1.82, 2.24) is 20.2 Å². The zero-order chi connectivity index (χ0) is 15.3. The molecule has 1 aromatic heterocycles. The number of carbonyl (C=O) groups is 2. The summed E-state index contributed by atoms with van der Waals surface area (Å²) in [5, 5.41) is 14.4. The van der Waals surface area contributed by atoms with Gasteiger partial charge in [-0.3, -0.25) is 0 Å². The maximum absolute atomic E-state index is 11.7. The van der Waals surface area contributed by atoms with E-state index in [0.29, 0.717) is 19.6 Å². The lowest BCUT2D eigenvalue weighted by Gasteiger charge is -2.22. The summed E-state index contributed by atoms with van der Waals surface area (Å²) in [4.78, 5) is 26.1. The van der Waals surface area contributed by atoms with Gasteiger partial charge in [0.05, 0.1) is 6.33 Å². The number of aromatic nitrogens is 2. The first-order valence-corrected chi connectivity index (χ1v) is 7.88. The van der Waals surface area contributed by atoms with Crippen LogP contribution in [0.1, 0.15) is 30.3 Å². The van der Waals surface area contributed by atoms with Gasteiger partial charge in [0.15, 0.2) is 5.69 Å². The van der Waals surface area contributed by atoms with E-state index >= 15 is 0 Å². The third kappa shape index (κ3) is 4.66. The lowest BCUT2D eigenvalue weighted by molar-refractivity contribution is 0.0691. The molecule has 0 radical (unpaired) electrons. The predicted molar refractivity (Wildman–Crippen MR) is 80.7 cm³/mol. The Bertz CT molecular complexity index is 511. The molecule has 0 bridgehead atoms. The van der Waals surface area contributed by atoms with Gasteiger partial charge in [-0.1, -0.05) is 0 Å². The Balaban J connectivity index is 1.65. The predicted octanol–water partition coefficient (Wildman–Crippen LogP) is 1.17. The first kappa shape index (κ1) is 15.7. The number of carboxylic acids is 1. The number of rotatable bonds is 6. The normalized spacial score (nSPS) is 21.2. The van der Waals surface area contributed by atoms with Gasteiger partial charge in [0, 0.05) is 30.6 Å². The molecule has 0 spiro atoms. The van der Waals surface area contributed by atoms with Gasteiger partial charge >= 0.3 is 12.0 Å². The van der Waals surface area contributed by atoms with Gasteiger partial charge in [0.25, 0.3) is 0 Å². The molecule has 1 unspecified atom stereocenters. The van der Waals surface area contributed by atoms with Gasteiger partial charge in [-0.2, -0.15) is 11.8 Å². The van der Waals surface area contributed by atoms with Crippen LogP contribution < -0.4 is 10.6 Å². The third-order valence-electron chi connectivity index (χ3n) is 3.43. The zero-order valence-corrected chi connectivity index (χ0v) is 12.8. The molecule has 0 aliphatic carbocycles. The highest BCUT2D eigenvalue weighted by molar-refractivity contribution is 8.00. The van der Waals surface area contributed by atoms with Crippen molar-refractivity contribution in [2.45, 2.75) is 31.1 Å². The highest BCUT2D eigenvalue weighted by atomic mass is 32.2. The third-order valence-corrected chi connectivity index (χ3v) is 4.97. The summed E-state index contributed by atoms with van der Waals surface area (Å²) in [6, 6.07) is -0.192. The second-order valence-corrected chi connectivity index (χ2v) is 7.00. The number of hydrogen-bond donors (Lipinski definition) is 3. The second-order valence-electron chi connectivity index (χ2n) is 5.31. The van der Waals surface area contributed by atoms with Crippen molar-refractivity contribution in [1.29, 1.82) is 0 Å².